The van der Waals surface area contributed by atoms with Gasteiger partial charge in [-0.3, -0.25) is 0 Å². The van der Waals surface area contributed by atoms with Crippen molar-refractivity contribution in [3.8, 4) is 0 Å². The van der Waals surface area contributed by atoms with E-state index in [2.05, 4.69) is 74.0 Å². The summed E-state index contributed by atoms with van der Waals surface area (Å²) in [5.74, 6) is 0.849. The van der Waals surface area contributed by atoms with E-state index in [1.165, 1.54) is 11.1 Å². The molecule has 4 nitrogen and oxygen atoms in total. The van der Waals surface area contributed by atoms with Gasteiger partial charge in [0.25, 0.3) is 0 Å². The van der Waals surface area contributed by atoms with Crippen molar-refractivity contribution >= 4 is 33.2 Å². The van der Waals surface area contributed by atoms with Gasteiger partial charge in [-0.15, -0.1) is 11.3 Å². The van der Waals surface area contributed by atoms with Crippen LogP contribution in [0.5, 0.6) is 0 Å². The number of guanidine groups is 1. The van der Waals surface area contributed by atoms with Crippen LogP contribution in [0.25, 0.3) is 0 Å². The summed E-state index contributed by atoms with van der Waals surface area (Å²) < 4.78 is 1.10. The van der Waals surface area contributed by atoms with Crippen molar-refractivity contribution in [1.82, 2.24) is 15.6 Å². The molecule has 1 aromatic carbocycles. The topological polar surface area (TPSA) is 49.3 Å². The first-order chi connectivity index (χ1) is 11.1. The molecule has 23 heavy (non-hydrogen) atoms. The fourth-order valence-electron chi connectivity index (χ4n) is 2.17. The molecule has 0 bridgehead atoms. The van der Waals surface area contributed by atoms with Gasteiger partial charge in [-0.25, -0.2) is 9.98 Å². The van der Waals surface area contributed by atoms with Crippen LogP contribution in [0.15, 0.2) is 33.0 Å². The highest BCUT2D eigenvalue weighted by Crippen LogP contribution is 2.16. The van der Waals surface area contributed by atoms with Gasteiger partial charge in [-0.05, 0) is 44.0 Å². The third kappa shape index (κ3) is 5.95. The maximum atomic E-state index is 4.67. The number of rotatable bonds is 6. The summed E-state index contributed by atoms with van der Waals surface area (Å²) >= 11 is 5.19. The fraction of sp³-hybridized carbons (Fsp3) is 0.412. The van der Waals surface area contributed by atoms with E-state index in [0.717, 1.165) is 40.6 Å². The molecule has 0 spiro atoms. The first-order valence-electron chi connectivity index (χ1n) is 7.76. The van der Waals surface area contributed by atoms with Crippen molar-refractivity contribution in [2.24, 2.45) is 4.99 Å². The molecule has 1 aromatic heterocycles. The number of halogens is 1. The number of nitrogens with zero attached hydrogens (tertiary/aromatic N) is 2. The lowest BCUT2D eigenvalue weighted by Crippen LogP contribution is -2.38. The molecular weight excluding hydrogens is 372 g/mol. The van der Waals surface area contributed by atoms with Gasteiger partial charge in [0.15, 0.2) is 5.96 Å². The Morgan fingerprint density at radius 2 is 2.13 bits per heavy atom. The molecule has 0 aliphatic heterocycles. The molecule has 0 aliphatic carbocycles. The Kier molecular flexibility index (Phi) is 7.05. The highest BCUT2D eigenvalue weighted by Gasteiger charge is 2.02. The molecule has 2 N–H and O–H groups in total. The molecule has 0 unspecified atom stereocenters. The zero-order valence-electron chi connectivity index (χ0n) is 13.8. The summed E-state index contributed by atoms with van der Waals surface area (Å²) in [5.41, 5.74) is 3.62. The third-order valence-electron chi connectivity index (χ3n) is 3.40. The number of aliphatic imine (C=N–C) groups is 1. The van der Waals surface area contributed by atoms with Crippen molar-refractivity contribution in [3.63, 3.8) is 0 Å². The molecule has 0 fully saturated rings. The smallest absolute Gasteiger partial charge is 0.191 e. The summed E-state index contributed by atoms with van der Waals surface area (Å²) in [6.07, 6.45) is 0.909. The van der Waals surface area contributed by atoms with Crippen LogP contribution in [-0.2, 0) is 13.0 Å². The van der Waals surface area contributed by atoms with Crippen LogP contribution >= 0.6 is 27.3 Å². The monoisotopic (exact) mass is 394 g/mol. The SMILES string of the molecule is CCNC(=NCc1ccc(Br)cc1C)NCCc1csc(C)n1. The van der Waals surface area contributed by atoms with Crippen LogP contribution in [-0.4, -0.2) is 24.0 Å². The predicted molar refractivity (Wildman–Crippen MR) is 102 cm³/mol. The summed E-state index contributed by atoms with van der Waals surface area (Å²) in [5, 5.41) is 9.90. The Morgan fingerprint density at radius 1 is 1.30 bits per heavy atom. The molecule has 1 heterocycles. The molecule has 2 rings (SSSR count). The minimum Gasteiger partial charge on any atom is -0.357 e. The largest absolute Gasteiger partial charge is 0.357 e. The van der Waals surface area contributed by atoms with Gasteiger partial charge in [0.1, 0.15) is 0 Å². The number of nitrogens with one attached hydrogen (secondary N) is 2. The van der Waals surface area contributed by atoms with Gasteiger partial charge in [0, 0.05) is 29.4 Å². The van der Waals surface area contributed by atoms with E-state index in [9.17, 15) is 0 Å². The lowest BCUT2D eigenvalue weighted by molar-refractivity contribution is 0.789. The molecule has 0 atom stereocenters. The van der Waals surface area contributed by atoms with Gasteiger partial charge in [0.05, 0.1) is 17.2 Å². The van der Waals surface area contributed by atoms with Crippen LogP contribution in [0.1, 0.15) is 28.8 Å². The molecule has 124 valence electrons. The van der Waals surface area contributed by atoms with Crippen molar-refractivity contribution in [3.05, 3.63) is 49.9 Å². The minimum atomic E-state index is 0.671. The average Bonchev–Trinajstić information content (AvgIpc) is 2.91. The quantitative estimate of drug-likeness (QED) is 0.578. The normalized spacial score (nSPS) is 11.6. The highest BCUT2D eigenvalue weighted by molar-refractivity contribution is 9.10. The zero-order chi connectivity index (χ0) is 16.7. The Balaban J connectivity index is 1.91. The Hall–Kier alpha value is -1.40. The molecule has 0 amide bonds. The molecule has 0 saturated heterocycles. The van der Waals surface area contributed by atoms with Crippen LogP contribution in [0.2, 0.25) is 0 Å². The van der Waals surface area contributed by atoms with Gasteiger partial charge >= 0.3 is 0 Å². The van der Waals surface area contributed by atoms with E-state index in [4.69, 9.17) is 0 Å². The zero-order valence-corrected chi connectivity index (χ0v) is 16.2. The second-order valence-electron chi connectivity index (χ2n) is 5.30. The average molecular weight is 395 g/mol. The van der Waals surface area contributed by atoms with E-state index in [0.29, 0.717) is 6.54 Å². The summed E-state index contributed by atoms with van der Waals surface area (Å²) in [6.45, 7) is 8.57. The van der Waals surface area contributed by atoms with Gasteiger partial charge in [0.2, 0.25) is 0 Å². The number of hydrogen-bond acceptors (Lipinski definition) is 3. The van der Waals surface area contributed by atoms with Crippen LogP contribution in [0, 0.1) is 13.8 Å². The van der Waals surface area contributed by atoms with Crippen LogP contribution < -0.4 is 10.6 Å². The first-order valence-corrected chi connectivity index (χ1v) is 9.44. The highest BCUT2D eigenvalue weighted by atomic mass is 79.9. The van der Waals surface area contributed by atoms with Crippen molar-refractivity contribution in [2.75, 3.05) is 13.1 Å². The van der Waals surface area contributed by atoms with Gasteiger partial charge in [-0.1, -0.05) is 22.0 Å². The first kappa shape index (κ1) is 17.9. The van der Waals surface area contributed by atoms with Crippen LogP contribution in [0.4, 0.5) is 0 Å². The summed E-state index contributed by atoms with van der Waals surface area (Å²) in [4.78, 5) is 9.15. The van der Waals surface area contributed by atoms with Crippen molar-refractivity contribution < 1.29 is 0 Å². The summed E-state index contributed by atoms with van der Waals surface area (Å²) in [6, 6.07) is 6.29. The van der Waals surface area contributed by atoms with Crippen molar-refractivity contribution in [2.45, 2.75) is 33.7 Å². The molecule has 0 radical (unpaired) electrons. The molecule has 2 aromatic rings. The maximum Gasteiger partial charge on any atom is 0.191 e. The van der Waals surface area contributed by atoms with E-state index in [-0.39, 0.29) is 0 Å². The minimum absolute atomic E-state index is 0.671. The Labute approximate surface area is 150 Å². The maximum absolute atomic E-state index is 4.67. The fourth-order valence-corrected chi connectivity index (χ4v) is 3.30. The number of benzene rings is 1. The van der Waals surface area contributed by atoms with E-state index in [1.54, 1.807) is 11.3 Å². The lowest BCUT2D eigenvalue weighted by atomic mass is 10.1. The van der Waals surface area contributed by atoms with E-state index in [1.807, 2.05) is 6.92 Å². The second kappa shape index (κ2) is 9.03. The predicted octanol–water partition coefficient (Wildman–Crippen LogP) is 3.82. The van der Waals surface area contributed by atoms with Gasteiger partial charge in [-0.2, -0.15) is 0 Å². The number of hydrogen-bond donors (Lipinski definition) is 2. The molecular formula is C17H23BrN4S. The number of aromatic nitrogens is 1. The molecule has 0 saturated carbocycles. The van der Waals surface area contributed by atoms with Gasteiger partial charge < -0.3 is 10.6 Å². The molecule has 0 aliphatic rings. The van der Waals surface area contributed by atoms with E-state index < -0.39 is 0 Å². The van der Waals surface area contributed by atoms with Crippen LogP contribution in [0.3, 0.4) is 0 Å². The second-order valence-corrected chi connectivity index (χ2v) is 7.28. The van der Waals surface area contributed by atoms with E-state index >= 15 is 0 Å². The lowest BCUT2D eigenvalue weighted by Gasteiger charge is -2.11. The third-order valence-corrected chi connectivity index (χ3v) is 4.71. The van der Waals surface area contributed by atoms with Crippen molar-refractivity contribution in [1.29, 1.82) is 0 Å². The Bertz CT molecular complexity index is 666. The standard InChI is InChI=1S/C17H23BrN4S/c1-4-19-17(20-8-7-16-11-23-13(3)22-16)21-10-14-5-6-15(18)9-12(14)2/h5-6,9,11H,4,7-8,10H2,1-3H3,(H2,19,20,21). The number of thiazole rings is 1. The molecule has 6 heteroatoms. The Morgan fingerprint density at radius 3 is 2.78 bits per heavy atom. The number of aryl methyl sites for hydroxylation is 2. The summed E-state index contributed by atoms with van der Waals surface area (Å²) in [7, 11) is 0.